The maximum Gasteiger partial charge on any atom is 0.414 e. The molecule has 0 aromatic heterocycles. The quantitative estimate of drug-likeness (QED) is 0.654. The minimum absolute atomic E-state index is 0.141. The number of hydrogen-bond donors (Lipinski definition) is 1. The lowest BCUT2D eigenvalue weighted by atomic mass is 10.2. The van der Waals surface area contributed by atoms with Crippen LogP contribution in [0.15, 0.2) is 24.3 Å². The summed E-state index contributed by atoms with van der Waals surface area (Å²) in [6.07, 6.45) is -7.70. The molecule has 0 amide bonds. The van der Waals surface area contributed by atoms with Crippen LogP contribution in [0.4, 0.5) is 18.9 Å². The second-order valence-electron chi connectivity index (χ2n) is 3.45. The first-order valence-corrected chi connectivity index (χ1v) is 4.92. The summed E-state index contributed by atoms with van der Waals surface area (Å²) in [5.74, 6) is 0.204. The summed E-state index contributed by atoms with van der Waals surface area (Å²) in [4.78, 5) is 9.73. The molecule has 0 saturated carbocycles. The van der Waals surface area contributed by atoms with E-state index >= 15 is 0 Å². The van der Waals surface area contributed by atoms with E-state index in [4.69, 9.17) is 9.84 Å². The van der Waals surface area contributed by atoms with Gasteiger partial charge in [-0.05, 0) is 12.1 Å². The van der Waals surface area contributed by atoms with Crippen LogP contribution >= 0.6 is 0 Å². The third-order valence-electron chi connectivity index (χ3n) is 2.09. The second kappa shape index (κ2) is 5.67. The highest BCUT2D eigenvalue weighted by Crippen LogP contribution is 2.23. The molecule has 0 aliphatic heterocycles. The molecule has 18 heavy (non-hydrogen) atoms. The van der Waals surface area contributed by atoms with Crippen molar-refractivity contribution in [2.75, 3.05) is 6.61 Å². The van der Waals surface area contributed by atoms with Crippen LogP contribution in [0.3, 0.4) is 0 Å². The predicted molar refractivity (Wildman–Crippen MR) is 55.3 cm³/mol. The van der Waals surface area contributed by atoms with E-state index in [2.05, 4.69) is 0 Å². The van der Waals surface area contributed by atoms with E-state index < -0.39 is 23.6 Å². The highest BCUT2D eigenvalue weighted by atomic mass is 19.4. The number of nitro benzene ring substituents is 1. The van der Waals surface area contributed by atoms with Crippen LogP contribution in [-0.2, 0) is 0 Å². The molecule has 0 unspecified atom stereocenters. The number of rotatable bonds is 5. The fraction of sp³-hybridized carbons (Fsp3) is 0.400. The van der Waals surface area contributed by atoms with E-state index in [1.807, 2.05) is 0 Å². The van der Waals surface area contributed by atoms with Crippen molar-refractivity contribution in [3.8, 4) is 5.75 Å². The fourth-order valence-electron chi connectivity index (χ4n) is 1.12. The van der Waals surface area contributed by atoms with Gasteiger partial charge in [0.15, 0.2) is 6.10 Å². The van der Waals surface area contributed by atoms with Crippen LogP contribution < -0.4 is 4.74 Å². The van der Waals surface area contributed by atoms with Gasteiger partial charge in [0.05, 0.1) is 11.5 Å². The van der Waals surface area contributed by atoms with Gasteiger partial charge in [-0.3, -0.25) is 10.1 Å². The van der Waals surface area contributed by atoms with Crippen LogP contribution in [-0.4, -0.2) is 28.9 Å². The Labute approximate surface area is 99.9 Å². The smallest absolute Gasteiger partial charge is 0.414 e. The van der Waals surface area contributed by atoms with Crippen molar-refractivity contribution in [1.82, 2.24) is 0 Å². The van der Waals surface area contributed by atoms with Crippen LogP contribution in [0.1, 0.15) is 6.42 Å². The molecule has 1 atom stereocenters. The number of non-ortho nitro benzene ring substituents is 1. The number of aliphatic hydroxyl groups is 1. The molecule has 0 heterocycles. The summed E-state index contributed by atoms with van der Waals surface area (Å²) in [5.41, 5.74) is -0.141. The molecule has 0 bridgehead atoms. The van der Waals surface area contributed by atoms with Crippen molar-refractivity contribution in [1.29, 1.82) is 0 Å². The van der Waals surface area contributed by atoms with Crippen molar-refractivity contribution < 1.29 is 27.9 Å². The number of benzene rings is 1. The Morgan fingerprint density at radius 1 is 1.33 bits per heavy atom. The van der Waals surface area contributed by atoms with E-state index in [9.17, 15) is 23.3 Å². The van der Waals surface area contributed by atoms with E-state index in [1.54, 1.807) is 0 Å². The Bertz CT molecular complexity index is 405. The molecule has 1 rings (SSSR count). The summed E-state index contributed by atoms with van der Waals surface area (Å²) < 4.78 is 40.7. The molecule has 8 heteroatoms. The van der Waals surface area contributed by atoms with Crippen molar-refractivity contribution in [2.24, 2.45) is 0 Å². The fourth-order valence-corrected chi connectivity index (χ4v) is 1.12. The van der Waals surface area contributed by atoms with Crippen LogP contribution in [0.2, 0.25) is 0 Å². The van der Waals surface area contributed by atoms with Gasteiger partial charge in [-0.25, -0.2) is 0 Å². The van der Waals surface area contributed by atoms with Crippen molar-refractivity contribution in [2.45, 2.75) is 18.7 Å². The molecule has 5 nitrogen and oxygen atoms in total. The normalized spacial score (nSPS) is 13.1. The number of hydrogen-bond acceptors (Lipinski definition) is 4. The van der Waals surface area contributed by atoms with Gasteiger partial charge in [0, 0.05) is 18.6 Å². The number of halogens is 3. The first kappa shape index (κ1) is 14.2. The van der Waals surface area contributed by atoms with E-state index in [1.165, 1.54) is 24.3 Å². The lowest BCUT2D eigenvalue weighted by Crippen LogP contribution is -2.30. The molecule has 100 valence electrons. The number of alkyl halides is 3. The molecular weight excluding hydrogens is 255 g/mol. The Hall–Kier alpha value is -1.83. The molecule has 1 aromatic rings. The van der Waals surface area contributed by atoms with Gasteiger partial charge >= 0.3 is 6.18 Å². The molecule has 0 aliphatic rings. The summed E-state index contributed by atoms with van der Waals surface area (Å²) in [6, 6.07) is 4.90. The first-order valence-electron chi connectivity index (χ1n) is 4.92. The van der Waals surface area contributed by atoms with E-state index in [-0.39, 0.29) is 18.0 Å². The first-order chi connectivity index (χ1) is 8.30. The summed E-state index contributed by atoms with van der Waals surface area (Å²) in [5, 5.41) is 19.0. The maximum atomic E-state index is 11.9. The SMILES string of the molecule is O=[N+]([O-])c1ccc(OCC[C@@H](O)C(F)(F)F)cc1. The van der Waals surface area contributed by atoms with Crippen LogP contribution in [0, 0.1) is 10.1 Å². The predicted octanol–water partition coefficient (Wildman–Crippen LogP) is 2.29. The molecular formula is C10H10F3NO4. The van der Waals surface area contributed by atoms with Crippen LogP contribution in [0.5, 0.6) is 5.75 Å². The topological polar surface area (TPSA) is 72.6 Å². The van der Waals surface area contributed by atoms with Gasteiger partial charge in [0.1, 0.15) is 5.75 Å². The lowest BCUT2D eigenvalue weighted by molar-refractivity contribution is -0.384. The molecule has 1 N–H and O–H groups in total. The molecule has 0 fully saturated rings. The average Bonchev–Trinajstić information content (AvgIpc) is 2.28. The minimum Gasteiger partial charge on any atom is -0.493 e. The Morgan fingerprint density at radius 3 is 2.33 bits per heavy atom. The van der Waals surface area contributed by atoms with Gasteiger partial charge in [-0.15, -0.1) is 0 Å². The zero-order valence-electron chi connectivity index (χ0n) is 9.05. The molecule has 0 radical (unpaired) electrons. The molecule has 0 aliphatic carbocycles. The third kappa shape index (κ3) is 4.21. The molecule has 1 aromatic carbocycles. The van der Waals surface area contributed by atoms with Gasteiger partial charge in [-0.1, -0.05) is 0 Å². The van der Waals surface area contributed by atoms with E-state index in [0.29, 0.717) is 0 Å². The zero-order chi connectivity index (χ0) is 13.8. The van der Waals surface area contributed by atoms with Gasteiger partial charge in [-0.2, -0.15) is 13.2 Å². The molecule has 0 saturated heterocycles. The highest BCUT2D eigenvalue weighted by molar-refractivity contribution is 5.35. The van der Waals surface area contributed by atoms with Gasteiger partial charge in [0.25, 0.3) is 5.69 Å². The minimum atomic E-state index is -4.67. The highest BCUT2D eigenvalue weighted by Gasteiger charge is 2.37. The van der Waals surface area contributed by atoms with Crippen LogP contribution in [0.25, 0.3) is 0 Å². The second-order valence-corrected chi connectivity index (χ2v) is 3.45. The number of nitrogens with zero attached hydrogens (tertiary/aromatic N) is 1. The van der Waals surface area contributed by atoms with Gasteiger partial charge in [0.2, 0.25) is 0 Å². The Kier molecular flexibility index (Phi) is 4.49. The maximum absolute atomic E-state index is 11.9. The van der Waals surface area contributed by atoms with Crippen molar-refractivity contribution in [3.63, 3.8) is 0 Å². The van der Waals surface area contributed by atoms with Crippen molar-refractivity contribution >= 4 is 5.69 Å². The lowest BCUT2D eigenvalue weighted by Gasteiger charge is -2.14. The standard InChI is InChI=1S/C10H10F3NO4/c11-10(12,13)9(15)5-6-18-8-3-1-7(2-4-8)14(16)17/h1-4,9,15H,5-6H2/t9-/m1/s1. The summed E-state index contributed by atoms with van der Waals surface area (Å²) >= 11 is 0. The number of ether oxygens (including phenoxy) is 1. The van der Waals surface area contributed by atoms with Gasteiger partial charge < -0.3 is 9.84 Å². The Morgan fingerprint density at radius 2 is 1.89 bits per heavy atom. The third-order valence-corrected chi connectivity index (χ3v) is 2.09. The number of nitro groups is 1. The Balaban J connectivity index is 2.43. The molecule has 0 spiro atoms. The average molecular weight is 265 g/mol. The van der Waals surface area contributed by atoms with E-state index in [0.717, 1.165) is 0 Å². The zero-order valence-corrected chi connectivity index (χ0v) is 9.05. The summed E-state index contributed by atoms with van der Waals surface area (Å²) in [7, 11) is 0. The number of aliphatic hydroxyl groups excluding tert-OH is 1. The summed E-state index contributed by atoms with van der Waals surface area (Å²) in [6.45, 7) is -0.335. The monoisotopic (exact) mass is 265 g/mol. The van der Waals surface area contributed by atoms with Crippen molar-refractivity contribution in [3.05, 3.63) is 34.4 Å². The largest absolute Gasteiger partial charge is 0.493 e.